The van der Waals surface area contributed by atoms with Crippen molar-refractivity contribution >= 4 is 34.8 Å². The van der Waals surface area contributed by atoms with E-state index in [1.807, 2.05) is 24.3 Å². The molecule has 2 aromatic carbocycles. The van der Waals surface area contributed by atoms with Crippen molar-refractivity contribution in [1.82, 2.24) is 9.97 Å². The Morgan fingerprint density at radius 3 is 2.68 bits per heavy atom. The standard InChI is InChI=1S/C19H16N2O3S/c1-2-11-24-14-9-7-13(8-10-14)12-17(18(22)23)25-19-20-15-5-3-4-6-16(15)21-19/h2-10,12H,1,11H2,(H,20,21)(H,22,23)/b17-12-. The van der Waals surface area contributed by atoms with E-state index in [9.17, 15) is 9.90 Å². The summed E-state index contributed by atoms with van der Waals surface area (Å²) < 4.78 is 5.42. The average molecular weight is 352 g/mol. The number of carbonyl (C=O) groups is 1. The number of thioether (sulfide) groups is 1. The van der Waals surface area contributed by atoms with Crippen LogP contribution < -0.4 is 4.74 Å². The Labute approximate surface area is 149 Å². The third-order valence-corrected chi connectivity index (χ3v) is 4.23. The third-order valence-electron chi connectivity index (χ3n) is 3.33. The summed E-state index contributed by atoms with van der Waals surface area (Å²) in [7, 11) is 0. The lowest BCUT2D eigenvalue weighted by molar-refractivity contribution is -0.131. The molecule has 0 saturated carbocycles. The predicted molar refractivity (Wildman–Crippen MR) is 99.7 cm³/mol. The Morgan fingerprint density at radius 2 is 2.00 bits per heavy atom. The molecule has 3 aromatic rings. The zero-order chi connectivity index (χ0) is 17.6. The number of rotatable bonds is 7. The fourth-order valence-electron chi connectivity index (χ4n) is 2.18. The second-order valence-electron chi connectivity index (χ2n) is 5.14. The summed E-state index contributed by atoms with van der Waals surface area (Å²) in [6.07, 6.45) is 3.28. The van der Waals surface area contributed by atoms with Crippen LogP contribution in [0.1, 0.15) is 5.56 Å². The van der Waals surface area contributed by atoms with Crippen molar-refractivity contribution in [2.45, 2.75) is 5.16 Å². The van der Waals surface area contributed by atoms with Gasteiger partial charge in [0.05, 0.1) is 11.0 Å². The number of carboxylic acids is 1. The molecule has 0 aliphatic rings. The molecule has 0 amide bonds. The van der Waals surface area contributed by atoms with Gasteiger partial charge in [0, 0.05) is 0 Å². The largest absolute Gasteiger partial charge is 0.490 e. The molecule has 1 aromatic heterocycles. The van der Waals surface area contributed by atoms with Crippen LogP contribution in [0.3, 0.4) is 0 Å². The molecule has 0 spiro atoms. The SMILES string of the molecule is C=CCOc1ccc(/C=C(\Sc2nc3ccccc3[nH]2)C(=O)O)cc1. The Bertz CT molecular complexity index is 896. The number of carboxylic acid groups (broad SMARTS) is 1. The highest BCUT2D eigenvalue weighted by atomic mass is 32.2. The van der Waals surface area contributed by atoms with Crippen molar-refractivity contribution in [1.29, 1.82) is 0 Å². The van der Waals surface area contributed by atoms with E-state index in [2.05, 4.69) is 16.5 Å². The molecular weight excluding hydrogens is 336 g/mol. The van der Waals surface area contributed by atoms with E-state index < -0.39 is 5.97 Å². The number of H-pyrrole nitrogens is 1. The van der Waals surface area contributed by atoms with Gasteiger partial charge >= 0.3 is 5.97 Å². The highest BCUT2D eigenvalue weighted by Gasteiger charge is 2.13. The molecular formula is C19H16N2O3S. The van der Waals surface area contributed by atoms with E-state index in [1.165, 1.54) is 0 Å². The maximum absolute atomic E-state index is 11.6. The van der Waals surface area contributed by atoms with Gasteiger partial charge in [-0.3, -0.25) is 0 Å². The monoisotopic (exact) mass is 352 g/mol. The molecule has 25 heavy (non-hydrogen) atoms. The van der Waals surface area contributed by atoms with Crippen LogP contribution in [-0.4, -0.2) is 27.7 Å². The van der Waals surface area contributed by atoms with Gasteiger partial charge in [0.15, 0.2) is 5.16 Å². The summed E-state index contributed by atoms with van der Waals surface area (Å²) in [4.78, 5) is 19.3. The van der Waals surface area contributed by atoms with Crippen molar-refractivity contribution in [3.63, 3.8) is 0 Å². The van der Waals surface area contributed by atoms with E-state index in [1.54, 1.807) is 36.4 Å². The van der Waals surface area contributed by atoms with E-state index >= 15 is 0 Å². The van der Waals surface area contributed by atoms with Gasteiger partial charge in [0.2, 0.25) is 0 Å². The van der Waals surface area contributed by atoms with E-state index in [4.69, 9.17) is 4.74 Å². The summed E-state index contributed by atoms with van der Waals surface area (Å²) in [5.74, 6) is -0.295. The average Bonchev–Trinajstić information content (AvgIpc) is 3.03. The number of aromatic nitrogens is 2. The smallest absolute Gasteiger partial charge is 0.342 e. The highest BCUT2D eigenvalue weighted by Crippen LogP contribution is 2.28. The van der Waals surface area contributed by atoms with Crippen molar-refractivity contribution in [2.75, 3.05) is 6.61 Å². The first-order valence-electron chi connectivity index (χ1n) is 7.57. The number of fused-ring (bicyclic) bond motifs is 1. The van der Waals surface area contributed by atoms with Gasteiger partial charge in [-0.05, 0) is 47.7 Å². The minimum absolute atomic E-state index is 0.179. The van der Waals surface area contributed by atoms with Crippen LogP contribution in [0.5, 0.6) is 5.75 Å². The van der Waals surface area contributed by atoms with Crippen molar-refractivity contribution in [3.8, 4) is 5.75 Å². The lowest BCUT2D eigenvalue weighted by Crippen LogP contribution is -1.97. The van der Waals surface area contributed by atoms with Crippen LogP contribution in [0.2, 0.25) is 0 Å². The molecule has 126 valence electrons. The van der Waals surface area contributed by atoms with Crippen molar-refractivity contribution in [2.24, 2.45) is 0 Å². The zero-order valence-electron chi connectivity index (χ0n) is 13.3. The van der Waals surface area contributed by atoms with Gasteiger partial charge in [-0.25, -0.2) is 9.78 Å². The fraction of sp³-hybridized carbons (Fsp3) is 0.0526. The number of imidazole rings is 1. The van der Waals surface area contributed by atoms with Crippen LogP contribution in [0, 0.1) is 0 Å². The number of ether oxygens (including phenoxy) is 1. The lowest BCUT2D eigenvalue weighted by Gasteiger charge is -2.04. The third kappa shape index (κ3) is 4.30. The number of hydrogen-bond acceptors (Lipinski definition) is 4. The van der Waals surface area contributed by atoms with Crippen LogP contribution in [-0.2, 0) is 4.79 Å². The lowest BCUT2D eigenvalue weighted by atomic mass is 10.2. The molecule has 3 rings (SSSR count). The van der Waals surface area contributed by atoms with Gasteiger partial charge < -0.3 is 14.8 Å². The van der Waals surface area contributed by atoms with Crippen LogP contribution in [0.25, 0.3) is 17.1 Å². The Balaban J connectivity index is 1.81. The summed E-state index contributed by atoms with van der Waals surface area (Å²) in [5.41, 5.74) is 2.45. The predicted octanol–water partition coefficient (Wildman–Crippen LogP) is 4.35. The Hall–Kier alpha value is -2.99. The zero-order valence-corrected chi connectivity index (χ0v) is 14.1. The summed E-state index contributed by atoms with van der Waals surface area (Å²) >= 11 is 1.09. The molecule has 0 fully saturated rings. The van der Waals surface area contributed by atoms with Gasteiger partial charge in [-0.15, -0.1) is 0 Å². The van der Waals surface area contributed by atoms with Crippen molar-refractivity contribution in [3.05, 3.63) is 71.7 Å². The topological polar surface area (TPSA) is 75.2 Å². The quantitative estimate of drug-likeness (QED) is 0.376. The van der Waals surface area contributed by atoms with Gasteiger partial charge in [0.1, 0.15) is 17.3 Å². The first-order valence-corrected chi connectivity index (χ1v) is 8.39. The van der Waals surface area contributed by atoms with Crippen LogP contribution >= 0.6 is 11.8 Å². The van der Waals surface area contributed by atoms with Crippen molar-refractivity contribution < 1.29 is 14.6 Å². The molecule has 0 bridgehead atoms. The van der Waals surface area contributed by atoms with Crippen LogP contribution in [0.4, 0.5) is 0 Å². The van der Waals surface area contributed by atoms with Crippen LogP contribution in [0.15, 0.2) is 71.2 Å². The molecule has 0 aliphatic heterocycles. The maximum Gasteiger partial charge on any atom is 0.342 e. The molecule has 0 unspecified atom stereocenters. The van der Waals surface area contributed by atoms with Gasteiger partial charge in [-0.1, -0.05) is 36.9 Å². The number of nitrogens with one attached hydrogen (secondary N) is 1. The highest BCUT2D eigenvalue weighted by molar-refractivity contribution is 8.04. The molecule has 6 heteroatoms. The second-order valence-corrected chi connectivity index (χ2v) is 6.17. The summed E-state index contributed by atoms with van der Waals surface area (Å²) in [5, 5.41) is 10.0. The second kappa shape index (κ2) is 7.72. The fourth-order valence-corrected chi connectivity index (χ4v) is 2.98. The first-order chi connectivity index (χ1) is 12.2. The van der Waals surface area contributed by atoms with E-state index in [0.29, 0.717) is 17.5 Å². The molecule has 0 atom stereocenters. The minimum atomic E-state index is -1.00. The molecule has 0 saturated heterocycles. The van der Waals surface area contributed by atoms with Gasteiger partial charge in [-0.2, -0.15) is 0 Å². The summed E-state index contributed by atoms with van der Waals surface area (Å²) in [6, 6.07) is 14.8. The molecule has 0 aliphatic carbocycles. The molecule has 5 nitrogen and oxygen atoms in total. The van der Waals surface area contributed by atoms with E-state index in [0.717, 1.165) is 28.4 Å². The number of aliphatic carboxylic acids is 1. The summed E-state index contributed by atoms with van der Waals surface area (Å²) in [6.45, 7) is 4.02. The number of benzene rings is 2. The van der Waals surface area contributed by atoms with Gasteiger partial charge in [0.25, 0.3) is 0 Å². The first kappa shape index (κ1) is 16.9. The molecule has 1 heterocycles. The number of para-hydroxylation sites is 2. The number of hydrogen-bond donors (Lipinski definition) is 2. The minimum Gasteiger partial charge on any atom is -0.490 e. The normalized spacial score (nSPS) is 11.4. The van der Waals surface area contributed by atoms with E-state index in [-0.39, 0.29) is 4.91 Å². The Morgan fingerprint density at radius 1 is 1.24 bits per heavy atom. The molecule has 0 radical (unpaired) electrons. The molecule has 2 N–H and O–H groups in total. The number of aromatic amines is 1. The maximum atomic E-state index is 11.6. The number of nitrogens with zero attached hydrogens (tertiary/aromatic N) is 1. The Kier molecular flexibility index (Phi) is 5.20.